The van der Waals surface area contributed by atoms with E-state index in [1.165, 1.54) is 4.90 Å². The molecule has 3 amide bonds. The summed E-state index contributed by atoms with van der Waals surface area (Å²) in [5, 5.41) is 8.74. The Balaban J connectivity index is 1.41. The highest BCUT2D eigenvalue weighted by Crippen LogP contribution is 2.36. The van der Waals surface area contributed by atoms with Crippen molar-refractivity contribution in [2.75, 3.05) is 27.2 Å². The molecule has 1 aliphatic carbocycles. The maximum atomic E-state index is 12.6. The highest BCUT2D eigenvalue weighted by Gasteiger charge is 2.55. The van der Waals surface area contributed by atoms with Crippen LogP contribution in [0, 0.1) is 0 Å². The number of hydrogen-bond acceptors (Lipinski definition) is 6. The average Bonchev–Trinajstić information content (AvgIpc) is 3.03. The largest absolute Gasteiger partial charge is 0.328 e. The lowest BCUT2D eigenvalue weighted by molar-refractivity contribution is -0.134. The van der Waals surface area contributed by atoms with E-state index in [4.69, 9.17) is 5.73 Å². The molecule has 1 aromatic rings. The van der Waals surface area contributed by atoms with Gasteiger partial charge in [-0.2, -0.15) is 0 Å². The van der Waals surface area contributed by atoms with E-state index in [0.29, 0.717) is 31.3 Å². The fraction of sp³-hybridized carbons (Fsp3) is 0.765. The molecule has 26 heavy (non-hydrogen) atoms. The number of aromatic nitrogens is 3. The molecule has 9 heteroatoms. The van der Waals surface area contributed by atoms with E-state index in [1.807, 2.05) is 7.05 Å². The zero-order chi connectivity index (χ0) is 18.6. The second kappa shape index (κ2) is 6.02. The van der Waals surface area contributed by atoms with E-state index >= 15 is 0 Å². The van der Waals surface area contributed by atoms with E-state index in [-0.39, 0.29) is 11.9 Å². The van der Waals surface area contributed by atoms with Gasteiger partial charge in [0.05, 0.1) is 6.54 Å². The van der Waals surface area contributed by atoms with Crippen LogP contribution in [0.1, 0.15) is 43.3 Å². The van der Waals surface area contributed by atoms with Crippen LogP contribution >= 0.6 is 0 Å². The van der Waals surface area contributed by atoms with Crippen molar-refractivity contribution >= 4 is 11.9 Å². The quantitative estimate of drug-likeness (QED) is 0.753. The molecule has 3 aliphatic rings. The fourth-order valence-electron chi connectivity index (χ4n) is 4.52. The molecule has 0 aromatic carbocycles. The molecule has 2 N–H and O–H groups in total. The van der Waals surface area contributed by atoms with Gasteiger partial charge in [0, 0.05) is 46.2 Å². The molecular weight excluding hydrogens is 334 g/mol. The SMILES string of the molecule is CN1C(=O)N(C)C2(CCN(Cc3nnc(C4CC(N)C4)n3C)CC2)C1=O. The van der Waals surface area contributed by atoms with Gasteiger partial charge >= 0.3 is 6.03 Å². The van der Waals surface area contributed by atoms with Gasteiger partial charge in [-0.25, -0.2) is 4.79 Å². The molecule has 1 spiro atoms. The molecule has 0 unspecified atom stereocenters. The third kappa shape index (κ3) is 2.44. The Morgan fingerprint density at radius 3 is 2.31 bits per heavy atom. The minimum atomic E-state index is -0.671. The van der Waals surface area contributed by atoms with Gasteiger partial charge in [-0.1, -0.05) is 0 Å². The van der Waals surface area contributed by atoms with Crippen molar-refractivity contribution in [2.24, 2.45) is 12.8 Å². The Kier molecular flexibility index (Phi) is 4.03. The lowest BCUT2D eigenvalue weighted by Crippen LogP contribution is -2.55. The van der Waals surface area contributed by atoms with E-state index in [2.05, 4.69) is 19.7 Å². The maximum absolute atomic E-state index is 12.6. The van der Waals surface area contributed by atoms with Gasteiger partial charge in [-0.05, 0) is 25.7 Å². The van der Waals surface area contributed by atoms with Crippen molar-refractivity contribution in [2.45, 2.75) is 49.7 Å². The van der Waals surface area contributed by atoms with E-state index in [0.717, 1.165) is 37.6 Å². The number of piperidine rings is 1. The maximum Gasteiger partial charge on any atom is 0.327 e. The molecule has 3 heterocycles. The summed E-state index contributed by atoms with van der Waals surface area (Å²) in [5.41, 5.74) is 5.22. The smallest absolute Gasteiger partial charge is 0.327 e. The molecule has 9 nitrogen and oxygen atoms in total. The Morgan fingerprint density at radius 2 is 1.77 bits per heavy atom. The van der Waals surface area contributed by atoms with Crippen molar-refractivity contribution in [3.8, 4) is 0 Å². The van der Waals surface area contributed by atoms with E-state index in [1.54, 1.807) is 19.0 Å². The number of hydrogen-bond donors (Lipinski definition) is 1. The number of imide groups is 1. The van der Waals surface area contributed by atoms with Crippen LogP contribution in [-0.4, -0.2) is 80.2 Å². The van der Waals surface area contributed by atoms with Crippen LogP contribution in [0.5, 0.6) is 0 Å². The Hall–Kier alpha value is -2.00. The monoisotopic (exact) mass is 361 g/mol. The topological polar surface area (TPSA) is 101 Å². The highest BCUT2D eigenvalue weighted by molar-refractivity contribution is 6.06. The predicted molar refractivity (Wildman–Crippen MR) is 94.1 cm³/mol. The number of urea groups is 1. The third-order valence-corrected chi connectivity index (χ3v) is 6.51. The van der Waals surface area contributed by atoms with Gasteiger partial charge in [0.25, 0.3) is 5.91 Å². The number of likely N-dealkylation sites (N-methyl/N-ethyl adjacent to an activating group) is 2. The number of nitrogens with two attached hydrogens (primary N) is 1. The number of amides is 3. The van der Waals surface area contributed by atoms with Crippen molar-refractivity contribution in [3.05, 3.63) is 11.6 Å². The van der Waals surface area contributed by atoms with Gasteiger partial charge in [0.15, 0.2) is 0 Å². The first-order valence-electron chi connectivity index (χ1n) is 9.25. The van der Waals surface area contributed by atoms with Gasteiger partial charge in [0.1, 0.15) is 17.2 Å². The second-order valence-corrected chi connectivity index (χ2v) is 7.98. The molecule has 0 atom stereocenters. The lowest BCUT2D eigenvalue weighted by atomic mass is 9.80. The normalized spacial score (nSPS) is 28.9. The lowest BCUT2D eigenvalue weighted by Gasteiger charge is -2.40. The van der Waals surface area contributed by atoms with Crippen LogP contribution in [-0.2, 0) is 18.4 Å². The standard InChI is InChI=1S/C17H27N7O2/c1-21-13(19-20-14(21)11-8-12(18)9-11)10-24-6-4-17(5-7-24)15(25)22(2)16(26)23(17)3/h11-12H,4-10,18H2,1-3H3. The summed E-state index contributed by atoms with van der Waals surface area (Å²) in [6.07, 6.45) is 3.27. The summed E-state index contributed by atoms with van der Waals surface area (Å²) in [5.74, 6) is 2.31. The highest BCUT2D eigenvalue weighted by atomic mass is 16.2. The minimum absolute atomic E-state index is 0.0769. The number of nitrogens with zero attached hydrogens (tertiary/aromatic N) is 6. The Labute approximate surface area is 153 Å². The van der Waals surface area contributed by atoms with Crippen molar-refractivity contribution < 1.29 is 9.59 Å². The summed E-state index contributed by atoms with van der Waals surface area (Å²) >= 11 is 0. The van der Waals surface area contributed by atoms with Crippen molar-refractivity contribution in [1.29, 1.82) is 0 Å². The molecule has 4 rings (SSSR count). The second-order valence-electron chi connectivity index (χ2n) is 7.98. The van der Waals surface area contributed by atoms with E-state index < -0.39 is 5.54 Å². The summed E-state index contributed by atoms with van der Waals surface area (Å²) in [4.78, 5) is 29.8. The average molecular weight is 361 g/mol. The number of carbonyl (C=O) groups is 2. The van der Waals surface area contributed by atoms with E-state index in [9.17, 15) is 9.59 Å². The molecule has 1 saturated carbocycles. The van der Waals surface area contributed by atoms with Crippen molar-refractivity contribution in [1.82, 2.24) is 29.5 Å². The van der Waals surface area contributed by atoms with Gasteiger partial charge in [0.2, 0.25) is 0 Å². The van der Waals surface area contributed by atoms with Crippen molar-refractivity contribution in [3.63, 3.8) is 0 Å². The zero-order valence-electron chi connectivity index (χ0n) is 15.7. The fourth-order valence-corrected chi connectivity index (χ4v) is 4.52. The molecule has 0 radical (unpaired) electrons. The number of rotatable bonds is 3. The Bertz CT molecular complexity index is 731. The summed E-state index contributed by atoms with van der Waals surface area (Å²) in [7, 11) is 5.31. The van der Waals surface area contributed by atoms with Gasteiger partial charge in [-0.15, -0.1) is 10.2 Å². The molecule has 2 saturated heterocycles. The molecule has 142 valence electrons. The van der Waals surface area contributed by atoms with Crippen LogP contribution < -0.4 is 5.73 Å². The van der Waals surface area contributed by atoms with Gasteiger partial charge in [-0.3, -0.25) is 14.6 Å². The number of carbonyl (C=O) groups excluding carboxylic acids is 2. The van der Waals surface area contributed by atoms with Crippen LogP contribution in [0.4, 0.5) is 4.79 Å². The number of likely N-dealkylation sites (tertiary alicyclic amines) is 1. The van der Waals surface area contributed by atoms with Crippen LogP contribution in [0.15, 0.2) is 0 Å². The van der Waals surface area contributed by atoms with Crippen LogP contribution in [0.25, 0.3) is 0 Å². The first-order valence-corrected chi connectivity index (χ1v) is 9.25. The third-order valence-electron chi connectivity index (χ3n) is 6.51. The minimum Gasteiger partial charge on any atom is -0.328 e. The van der Waals surface area contributed by atoms with Gasteiger partial charge < -0.3 is 15.2 Å². The van der Waals surface area contributed by atoms with Crippen LogP contribution in [0.3, 0.4) is 0 Å². The zero-order valence-corrected chi connectivity index (χ0v) is 15.7. The summed E-state index contributed by atoms with van der Waals surface area (Å²) in [6.45, 7) is 2.22. The predicted octanol–water partition coefficient (Wildman–Crippen LogP) is -0.122. The molecular formula is C17H27N7O2. The summed E-state index contributed by atoms with van der Waals surface area (Å²) < 4.78 is 2.09. The Morgan fingerprint density at radius 1 is 1.12 bits per heavy atom. The molecule has 2 aliphatic heterocycles. The first kappa shape index (κ1) is 17.4. The summed E-state index contributed by atoms with van der Waals surface area (Å²) in [6, 6.07) is 0.0836. The van der Waals surface area contributed by atoms with Crippen LogP contribution in [0.2, 0.25) is 0 Å². The molecule has 3 fully saturated rings. The first-order chi connectivity index (χ1) is 12.3. The molecule has 0 bridgehead atoms. The molecule has 1 aromatic heterocycles.